The molecule has 1 unspecified atom stereocenters. The van der Waals surface area contributed by atoms with Crippen LogP contribution in [0.15, 0.2) is 18.3 Å². The standard InChI is InChI=1S/C17H17N3O6/c1-17(15(24)18-16(25)19-17)9-20-8-10-6-13(26-5-3-2-4-21)12(22)7-11(10)14(20)23/h6-8,21-23H,4-5,9H2,1H3,(H2,18,19,24,25). The summed E-state index contributed by atoms with van der Waals surface area (Å²) in [6.45, 7) is 1.25. The average Bonchev–Trinajstić information content (AvgIpc) is 3.00. The molecule has 136 valence electrons. The highest BCUT2D eigenvalue weighted by Gasteiger charge is 2.42. The Morgan fingerprint density at radius 3 is 2.69 bits per heavy atom. The summed E-state index contributed by atoms with van der Waals surface area (Å²) < 4.78 is 6.74. The molecule has 1 atom stereocenters. The number of carbonyl (C=O) groups excluding carboxylic acids is 2. The Bertz CT molecular complexity index is 955. The number of ether oxygens (including phenoxy) is 1. The molecular weight excluding hydrogens is 342 g/mol. The minimum atomic E-state index is -1.20. The van der Waals surface area contributed by atoms with Crippen molar-refractivity contribution in [3.05, 3.63) is 18.3 Å². The molecule has 1 aliphatic rings. The lowest BCUT2D eigenvalue weighted by Gasteiger charge is -2.21. The van der Waals surface area contributed by atoms with Crippen molar-refractivity contribution in [1.29, 1.82) is 0 Å². The summed E-state index contributed by atoms with van der Waals surface area (Å²) >= 11 is 0. The lowest BCUT2D eigenvalue weighted by atomic mass is 10.0. The first-order chi connectivity index (χ1) is 12.3. The fraction of sp³-hybridized carbons (Fsp3) is 0.294. The fourth-order valence-corrected chi connectivity index (χ4v) is 2.76. The van der Waals surface area contributed by atoms with E-state index in [-0.39, 0.29) is 37.1 Å². The number of nitrogens with zero attached hydrogens (tertiary/aromatic N) is 1. The van der Waals surface area contributed by atoms with E-state index in [1.54, 1.807) is 13.1 Å². The number of nitrogens with one attached hydrogen (secondary N) is 2. The number of hydrogen-bond acceptors (Lipinski definition) is 6. The third-order valence-corrected chi connectivity index (χ3v) is 4.05. The Hall–Kier alpha value is -3.38. The third-order valence-electron chi connectivity index (χ3n) is 4.05. The van der Waals surface area contributed by atoms with Crippen molar-refractivity contribution >= 4 is 22.7 Å². The van der Waals surface area contributed by atoms with E-state index in [4.69, 9.17) is 9.84 Å². The van der Waals surface area contributed by atoms with Gasteiger partial charge in [-0.2, -0.15) is 0 Å². The molecule has 1 saturated heterocycles. The summed E-state index contributed by atoms with van der Waals surface area (Å²) in [5, 5.41) is 34.7. The molecule has 3 rings (SSSR count). The van der Waals surface area contributed by atoms with E-state index in [0.717, 1.165) is 0 Å². The van der Waals surface area contributed by atoms with Crippen LogP contribution in [0.2, 0.25) is 0 Å². The van der Waals surface area contributed by atoms with Crippen molar-refractivity contribution in [2.75, 3.05) is 13.2 Å². The lowest BCUT2D eigenvalue weighted by Crippen LogP contribution is -2.47. The number of hydrogen-bond donors (Lipinski definition) is 5. The molecule has 2 heterocycles. The van der Waals surface area contributed by atoms with Gasteiger partial charge < -0.3 is 29.9 Å². The Morgan fingerprint density at radius 2 is 2.04 bits per heavy atom. The van der Waals surface area contributed by atoms with Crippen LogP contribution in [-0.4, -0.2) is 50.6 Å². The SMILES string of the molecule is CC1(Cn2cc3cc(OCC#CCO)c(O)cc3c2O)NC(=O)NC1=O. The van der Waals surface area contributed by atoms with Gasteiger partial charge in [0.05, 0.1) is 6.54 Å². The van der Waals surface area contributed by atoms with E-state index in [9.17, 15) is 19.8 Å². The summed E-state index contributed by atoms with van der Waals surface area (Å²) in [5.74, 6) is 4.32. The number of fused-ring (bicyclic) bond motifs is 1. The summed E-state index contributed by atoms with van der Waals surface area (Å²) in [6.07, 6.45) is 1.58. The molecule has 3 amide bonds. The molecule has 9 heteroatoms. The van der Waals surface area contributed by atoms with Gasteiger partial charge in [0.1, 0.15) is 18.8 Å². The largest absolute Gasteiger partial charge is 0.504 e. The van der Waals surface area contributed by atoms with Gasteiger partial charge in [-0.15, -0.1) is 0 Å². The second-order valence-corrected chi connectivity index (χ2v) is 6.03. The van der Waals surface area contributed by atoms with Crippen LogP contribution in [0.5, 0.6) is 17.4 Å². The monoisotopic (exact) mass is 359 g/mol. The topological polar surface area (TPSA) is 133 Å². The number of aliphatic hydroxyl groups is 1. The number of urea groups is 1. The van der Waals surface area contributed by atoms with E-state index in [0.29, 0.717) is 10.8 Å². The molecule has 0 radical (unpaired) electrons. The zero-order valence-electron chi connectivity index (χ0n) is 13.9. The zero-order chi connectivity index (χ0) is 18.9. The number of phenolic OH excluding ortho intramolecular Hbond substituents is 1. The van der Waals surface area contributed by atoms with E-state index < -0.39 is 17.5 Å². The van der Waals surface area contributed by atoms with Crippen molar-refractivity contribution in [3.8, 4) is 29.2 Å². The second kappa shape index (κ2) is 6.50. The Morgan fingerprint density at radius 1 is 1.27 bits per heavy atom. The van der Waals surface area contributed by atoms with Gasteiger partial charge in [-0.3, -0.25) is 10.1 Å². The fourth-order valence-electron chi connectivity index (χ4n) is 2.76. The summed E-state index contributed by atoms with van der Waals surface area (Å²) in [5.41, 5.74) is -1.20. The number of aromatic nitrogens is 1. The molecule has 1 aromatic heterocycles. The molecule has 26 heavy (non-hydrogen) atoms. The van der Waals surface area contributed by atoms with Crippen molar-refractivity contribution in [3.63, 3.8) is 0 Å². The van der Waals surface area contributed by atoms with Gasteiger partial charge in [0.25, 0.3) is 5.91 Å². The van der Waals surface area contributed by atoms with Crippen molar-refractivity contribution in [2.45, 2.75) is 19.0 Å². The highest BCUT2D eigenvalue weighted by atomic mass is 16.5. The van der Waals surface area contributed by atoms with E-state index in [2.05, 4.69) is 22.5 Å². The summed E-state index contributed by atoms with van der Waals surface area (Å²) in [7, 11) is 0. The van der Waals surface area contributed by atoms with Crippen LogP contribution in [-0.2, 0) is 11.3 Å². The molecule has 0 bridgehead atoms. The number of benzene rings is 1. The highest BCUT2D eigenvalue weighted by molar-refractivity contribution is 6.06. The quantitative estimate of drug-likeness (QED) is 0.386. The van der Waals surface area contributed by atoms with Crippen LogP contribution in [0.3, 0.4) is 0 Å². The Balaban J connectivity index is 1.90. The first-order valence-electron chi connectivity index (χ1n) is 7.72. The van der Waals surface area contributed by atoms with Crippen LogP contribution in [0.1, 0.15) is 6.92 Å². The Kier molecular flexibility index (Phi) is 4.36. The maximum atomic E-state index is 11.9. The highest BCUT2D eigenvalue weighted by Crippen LogP contribution is 2.37. The maximum Gasteiger partial charge on any atom is 0.322 e. The van der Waals surface area contributed by atoms with Crippen molar-refractivity contribution < 1.29 is 29.6 Å². The molecule has 2 aromatic rings. The number of imide groups is 1. The predicted molar refractivity (Wildman–Crippen MR) is 90.7 cm³/mol. The minimum absolute atomic E-state index is 0.00398. The predicted octanol–water partition coefficient (Wildman–Crippen LogP) is 0.0251. The summed E-state index contributed by atoms with van der Waals surface area (Å²) in [4.78, 5) is 23.3. The van der Waals surface area contributed by atoms with E-state index >= 15 is 0 Å². The van der Waals surface area contributed by atoms with E-state index in [1.165, 1.54) is 16.7 Å². The molecule has 1 fully saturated rings. The van der Waals surface area contributed by atoms with Gasteiger partial charge >= 0.3 is 6.03 Å². The minimum Gasteiger partial charge on any atom is -0.504 e. The van der Waals surface area contributed by atoms with Crippen molar-refractivity contribution in [2.24, 2.45) is 0 Å². The van der Waals surface area contributed by atoms with Crippen LogP contribution in [0, 0.1) is 11.8 Å². The summed E-state index contributed by atoms with van der Waals surface area (Å²) in [6, 6.07) is 2.27. The second-order valence-electron chi connectivity index (χ2n) is 6.03. The molecule has 0 aliphatic carbocycles. The zero-order valence-corrected chi connectivity index (χ0v) is 13.9. The van der Waals surface area contributed by atoms with Crippen LogP contribution in [0.25, 0.3) is 10.8 Å². The number of aliphatic hydroxyl groups excluding tert-OH is 1. The van der Waals surface area contributed by atoms with Gasteiger partial charge in [0.15, 0.2) is 17.4 Å². The molecule has 0 spiro atoms. The first-order valence-corrected chi connectivity index (χ1v) is 7.72. The molecule has 0 saturated carbocycles. The van der Waals surface area contributed by atoms with Crippen LogP contribution < -0.4 is 15.4 Å². The van der Waals surface area contributed by atoms with Gasteiger partial charge in [0.2, 0.25) is 0 Å². The molecule has 9 nitrogen and oxygen atoms in total. The van der Waals surface area contributed by atoms with Gasteiger partial charge in [0, 0.05) is 17.0 Å². The van der Waals surface area contributed by atoms with Crippen LogP contribution >= 0.6 is 0 Å². The normalized spacial score (nSPS) is 19.0. The number of carbonyl (C=O) groups is 2. The smallest absolute Gasteiger partial charge is 0.322 e. The first kappa shape index (κ1) is 17.4. The Labute approximate surface area is 148 Å². The maximum absolute atomic E-state index is 11.9. The van der Waals surface area contributed by atoms with Crippen molar-refractivity contribution in [1.82, 2.24) is 15.2 Å². The van der Waals surface area contributed by atoms with Gasteiger partial charge in [-0.25, -0.2) is 4.79 Å². The average molecular weight is 359 g/mol. The molecule has 1 aliphatic heterocycles. The van der Waals surface area contributed by atoms with E-state index in [1.807, 2.05) is 0 Å². The molecule has 5 N–H and O–H groups in total. The number of phenols is 1. The molecular formula is C17H17N3O6. The number of aromatic hydroxyl groups is 2. The number of rotatable bonds is 4. The lowest BCUT2D eigenvalue weighted by molar-refractivity contribution is -0.123. The van der Waals surface area contributed by atoms with Crippen LogP contribution in [0.4, 0.5) is 4.79 Å². The molecule has 1 aromatic carbocycles. The van der Waals surface area contributed by atoms with Gasteiger partial charge in [-0.05, 0) is 19.1 Å². The third kappa shape index (κ3) is 3.10. The number of amides is 3. The van der Waals surface area contributed by atoms with Gasteiger partial charge in [-0.1, -0.05) is 11.8 Å².